The van der Waals surface area contributed by atoms with Gasteiger partial charge in [-0.25, -0.2) is 0 Å². The van der Waals surface area contributed by atoms with E-state index in [2.05, 4.69) is 6.92 Å². The Labute approximate surface area is 192 Å². The number of rotatable bonds is 20. The molecule has 0 aromatic carbocycles. The lowest BCUT2D eigenvalue weighted by Crippen LogP contribution is -2.50. The molecule has 0 aliphatic carbocycles. The minimum absolute atomic E-state index is 0.314. The van der Waals surface area contributed by atoms with Crippen molar-refractivity contribution in [2.45, 2.75) is 108 Å². The molecule has 9 nitrogen and oxygen atoms in total. The molecule has 0 saturated heterocycles. The first-order valence-electron chi connectivity index (χ1n) is 12.0. The molecule has 0 aromatic rings. The summed E-state index contributed by atoms with van der Waals surface area (Å²) in [5, 5.41) is 57.0. The Morgan fingerprint density at radius 1 is 0.781 bits per heavy atom. The van der Waals surface area contributed by atoms with Crippen LogP contribution in [0.1, 0.15) is 84.0 Å². The van der Waals surface area contributed by atoms with E-state index in [1.807, 2.05) is 0 Å². The average Bonchev–Trinajstić information content (AvgIpc) is 2.76. The van der Waals surface area contributed by atoms with Gasteiger partial charge in [0.2, 0.25) is 5.91 Å². The molecule has 0 radical (unpaired) electrons. The molecule has 5 atom stereocenters. The first-order valence-corrected chi connectivity index (χ1v) is 12.0. The van der Waals surface area contributed by atoms with Crippen LogP contribution in [-0.2, 0) is 9.59 Å². The zero-order valence-electron chi connectivity index (χ0n) is 19.7. The highest BCUT2D eigenvalue weighted by Gasteiger charge is 2.32. The van der Waals surface area contributed by atoms with Gasteiger partial charge in [-0.05, 0) is 6.42 Å². The Morgan fingerprint density at radius 3 is 1.72 bits per heavy atom. The van der Waals surface area contributed by atoms with Crippen LogP contribution in [0.3, 0.4) is 0 Å². The average molecular weight is 464 g/mol. The van der Waals surface area contributed by atoms with E-state index in [0.717, 1.165) is 30.6 Å². The van der Waals surface area contributed by atoms with Crippen LogP contribution in [-0.4, -0.2) is 92.0 Å². The molecule has 0 heterocycles. The maximum absolute atomic E-state index is 12.7. The molecule has 0 aliphatic rings. The fourth-order valence-electron chi connectivity index (χ4n) is 3.76. The summed E-state index contributed by atoms with van der Waals surface area (Å²) in [6.07, 6.45) is 4.73. The van der Waals surface area contributed by atoms with Gasteiger partial charge in [0.15, 0.2) is 0 Å². The zero-order valence-corrected chi connectivity index (χ0v) is 19.7. The molecule has 0 aromatic heterocycles. The minimum Gasteiger partial charge on any atom is -0.481 e. The summed E-state index contributed by atoms with van der Waals surface area (Å²) in [7, 11) is 1.39. The van der Waals surface area contributed by atoms with Gasteiger partial charge in [-0.2, -0.15) is 0 Å². The van der Waals surface area contributed by atoms with Crippen molar-refractivity contribution in [1.82, 2.24) is 4.90 Å². The van der Waals surface area contributed by atoms with Gasteiger partial charge < -0.3 is 35.5 Å². The van der Waals surface area contributed by atoms with E-state index in [-0.39, 0.29) is 13.0 Å². The van der Waals surface area contributed by atoms with Crippen molar-refractivity contribution in [2.75, 3.05) is 20.2 Å². The highest BCUT2D eigenvalue weighted by molar-refractivity contribution is 5.83. The maximum atomic E-state index is 12.7. The van der Waals surface area contributed by atoms with Crippen molar-refractivity contribution in [1.29, 1.82) is 0 Å². The number of nitrogens with zero attached hydrogens (tertiary/aromatic N) is 1. The Kier molecular flexibility index (Phi) is 17.5. The van der Waals surface area contributed by atoms with Crippen LogP contribution in [0.5, 0.6) is 0 Å². The quantitative estimate of drug-likeness (QED) is 0.147. The molecule has 6 N–H and O–H groups in total. The largest absolute Gasteiger partial charge is 0.481 e. The molecule has 1 amide bonds. The monoisotopic (exact) mass is 463 g/mol. The number of unbranched alkanes of at least 4 members (excludes halogenated alkanes) is 9. The van der Waals surface area contributed by atoms with Crippen molar-refractivity contribution in [3.05, 3.63) is 0 Å². The number of carboxylic acid groups (broad SMARTS) is 1. The molecule has 5 unspecified atom stereocenters. The normalized spacial score (nSPS) is 16.2. The first kappa shape index (κ1) is 30.7. The zero-order chi connectivity index (χ0) is 24.5. The standard InChI is InChI=1S/C23H45NO8/c1-3-4-5-6-7-8-9-10-11-12-13-17(14-20(28)29)23(32)24(2)15-18(26)21(30)22(31)19(27)16-25/h17-19,21-22,25-27,30-31H,3-16H2,1-2H3,(H,28,29). The SMILES string of the molecule is CCCCCCCCCCCCC(CC(=O)O)C(=O)N(C)CC(O)C(O)C(O)C(O)CO. The van der Waals surface area contributed by atoms with Gasteiger partial charge in [-0.3, -0.25) is 9.59 Å². The number of aliphatic hydroxyl groups excluding tert-OH is 5. The highest BCUT2D eigenvalue weighted by Crippen LogP contribution is 2.19. The summed E-state index contributed by atoms with van der Waals surface area (Å²) in [6, 6.07) is 0. The van der Waals surface area contributed by atoms with Gasteiger partial charge in [0.1, 0.15) is 24.4 Å². The molecule has 32 heavy (non-hydrogen) atoms. The Balaban J connectivity index is 4.44. The molecule has 0 saturated carbocycles. The van der Waals surface area contributed by atoms with Crippen LogP contribution in [0.25, 0.3) is 0 Å². The summed E-state index contributed by atoms with van der Waals surface area (Å²) in [6.45, 7) is 1.06. The van der Waals surface area contributed by atoms with E-state index in [1.54, 1.807) is 0 Å². The molecule has 9 heteroatoms. The number of carbonyl (C=O) groups is 2. The molecule has 0 rings (SSSR count). The summed E-state index contributed by atoms with van der Waals surface area (Å²) >= 11 is 0. The third-order valence-electron chi connectivity index (χ3n) is 5.84. The lowest BCUT2D eigenvalue weighted by atomic mass is 9.95. The predicted molar refractivity (Wildman–Crippen MR) is 121 cm³/mol. The van der Waals surface area contributed by atoms with Crippen LogP contribution >= 0.6 is 0 Å². The van der Waals surface area contributed by atoms with E-state index in [9.17, 15) is 30.0 Å². The van der Waals surface area contributed by atoms with Crippen LogP contribution in [0.15, 0.2) is 0 Å². The summed E-state index contributed by atoms with van der Waals surface area (Å²) in [5.41, 5.74) is 0. The second kappa shape index (κ2) is 18.2. The van der Waals surface area contributed by atoms with Crippen molar-refractivity contribution < 1.29 is 40.2 Å². The number of carbonyl (C=O) groups excluding carboxylic acids is 1. The van der Waals surface area contributed by atoms with Gasteiger partial charge in [0.05, 0.1) is 13.0 Å². The fourth-order valence-corrected chi connectivity index (χ4v) is 3.76. The number of hydrogen-bond donors (Lipinski definition) is 6. The Bertz CT molecular complexity index is 504. The van der Waals surface area contributed by atoms with Gasteiger partial charge in [-0.15, -0.1) is 0 Å². The number of aliphatic hydroxyl groups is 5. The topological polar surface area (TPSA) is 159 Å². The van der Waals surface area contributed by atoms with Gasteiger partial charge in [-0.1, -0.05) is 71.1 Å². The van der Waals surface area contributed by atoms with Gasteiger partial charge >= 0.3 is 5.97 Å². The second-order valence-corrected chi connectivity index (χ2v) is 8.78. The van der Waals surface area contributed by atoms with Crippen LogP contribution in [0, 0.1) is 5.92 Å². The van der Waals surface area contributed by atoms with E-state index >= 15 is 0 Å². The smallest absolute Gasteiger partial charge is 0.304 e. The third kappa shape index (κ3) is 13.3. The number of amides is 1. The minimum atomic E-state index is -1.78. The maximum Gasteiger partial charge on any atom is 0.304 e. The van der Waals surface area contributed by atoms with E-state index < -0.39 is 48.8 Å². The van der Waals surface area contributed by atoms with Crippen LogP contribution in [0.2, 0.25) is 0 Å². The van der Waals surface area contributed by atoms with Crippen molar-refractivity contribution in [2.24, 2.45) is 5.92 Å². The number of hydrogen-bond acceptors (Lipinski definition) is 7. The van der Waals surface area contributed by atoms with Crippen molar-refractivity contribution in [3.8, 4) is 0 Å². The van der Waals surface area contributed by atoms with Crippen LogP contribution in [0.4, 0.5) is 0 Å². The van der Waals surface area contributed by atoms with Crippen LogP contribution < -0.4 is 0 Å². The fraction of sp³-hybridized carbons (Fsp3) is 0.913. The molecule has 0 spiro atoms. The lowest BCUT2D eigenvalue weighted by molar-refractivity contribution is -0.147. The van der Waals surface area contributed by atoms with Crippen molar-refractivity contribution >= 4 is 11.9 Å². The summed E-state index contributed by atoms with van der Waals surface area (Å²) < 4.78 is 0. The predicted octanol–water partition coefficient (Wildman–Crippen LogP) is 1.28. The molecule has 0 bridgehead atoms. The van der Waals surface area contributed by atoms with E-state index in [4.69, 9.17) is 10.2 Å². The summed E-state index contributed by atoms with van der Waals surface area (Å²) in [5.74, 6) is -2.26. The van der Waals surface area contributed by atoms with E-state index in [0.29, 0.717) is 6.42 Å². The van der Waals surface area contributed by atoms with E-state index in [1.165, 1.54) is 45.6 Å². The third-order valence-corrected chi connectivity index (χ3v) is 5.84. The number of aliphatic carboxylic acids is 1. The summed E-state index contributed by atoms with van der Waals surface area (Å²) in [4.78, 5) is 25.0. The number of carboxylic acids is 1. The Hall–Kier alpha value is -1.26. The molecule has 190 valence electrons. The molecule has 0 fully saturated rings. The van der Waals surface area contributed by atoms with Crippen molar-refractivity contribution in [3.63, 3.8) is 0 Å². The van der Waals surface area contributed by atoms with Gasteiger partial charge in [0, 0.05) is 19.5 Å². The second-order valence-electron chi connectivity index (χ2n) is 8.78. The molecular formula is C23H45NO8. The molecule has 0 aliphatic heterocycles. The number of likely N-dealkylation sites (N-methyl/N-ethyl adjacent to an activating group) is 1. The van der Waals surface area contributed by atoms with Gasteiger partial charge in [0.25, 0.3) is 0 Å². The lowest BCUT2D eigenvalue weighted by Gasteiger charge is -2.30. The Morgan fingerprint density at radius 2 is 1.25 bits per heavy atom. The highest BCUT2D eigenvalue weighted by atomic mass is 16.4. The molecular weight excluding hydrogens is 418 g/mol. The first-order chi connectivity index (χ1) is 15.1.